The molecule has 1 N–H and O–H groups in total. The molecule has 2 amide bonds. The van der Waals surface area contributed by atoms with Gasteiger partial charge in [0.15, 0.2) is 0 Å². The number of hydrogen-bond acceptors (Lipinski definition) is 3. The lowest BCUT2D eigenvalue weighted by atomic mass is 9.79. The molecule has 1 unspecified atom stereocenters. The molecule has 5 nitrogen and oxygen atoms in total. The molecule has 4 rings (SSSR count). The number of pyridine rings is 1. The van der Waals surface area contributed by atoms with Crippen molar-refractivity contribution in [2.45, 2.75) is 18.1 Å². The van der Waals surface area contributed by atoms with Crippen LogP contribution in [0.5, 0.6) is 0 Å². The smallest absolute Gasteiger partial charge is 0.322 e. The van der Waals surface area contributed by atoms with Crippen LogP contribution in [-0.2, 0) is 18.1 Å². The lowest BCUT2D eigenvalue weighted by Crippen LogP contribution is -2.57. The van der Waals surface area contributed by atoms with Gasteiger partial charge in [-0.3, -0.25) is 4.98 Å². The van der Waals surface area contributed by atoms with E-state index in [2.05, 4.69) is 15.2 Å². The summed E-state index contributed by atoms with van der Waals surface area (Å²) in [5.74, 6) is -1.07. The van der Waals surface area contributed by atoms with Gasteiger partial charge in [0, 0.05) is 38.8 Å². The van der Waals surface area contributed by atoms with E-state index < -0.39 is 29.1 Å². The summed E-state index contributed by atoms with van der Waals surface area (Å²) >= 11 is 6.05. The number of urea groups is 1. The monoisotopic (exact) mass is 520 g/mol. The third kappa shape index (κ3) is 5.79. The number of nitrogens with one attached hydrogen (secondary N) is 1. The van der Waals surface area contributed by atoms with Crippen molar-refractivity contribution >= 4 is 17.6 Å². The first kappa shape index (κ1) is 25.9. The van der Waals surface area contributed by atoms with Crippen LogP contribution in [0, 0.1) is 5.82 Å². The van der Waals surface area contributed by atoms with Crippen LogP contribution in [0.2, 0.25) is 5.02 Å². The first-order valence-corrected chi connectivity index (χ1v) is 11.7. The van der Waals surface area contributed by atoms with E-state index in [-0.39, 0.29) is 17.7 Å². The Kier molecular flexibility index (Phi) is 7.51. The molecule has 1 aliphatic rings. The second-order valence-corrected chi connectivity index (χ2v) is 9.31. The fraction of sp³-hybridized carbons (Fsp3) is 0.308. The van der Waals surface area contributed by atoms with Crippen molar-refractivity contribution < 1.29 is 22.4 Å². The number of rotatable bonds is 5. The average Bonchev–Trinajstić information content (AvgIpc) is 2.84. The maximum Gasteiger partial charge on any atom is 0.416 e. The van der Waals surface area contributed by atoms with Crippen molar-refractivity contribution in [1.29, 1.82) is 0 Å². The Morgan fingerprint density at radius 2 is 1.67 bits per heavy atom. The van der Waals surface area contributed by atoms with Crippen LogP contribution in [0.25, 0.3) is 0 Å². The molecule has 1 aliphatic heterocycles. The predicted octanol–water partition coefficient (Wildman–Crippen LogP) is 5.34. The summed E-state index contributed by atoms with van der Waals surface area (Å²) in [6.45, 7) is 2.18. The second-order valence-electron chi connectivity index (χ2n) is 8.88. The molecule has 0 aliphatic carbocycles. The largest absolute Gasteiger partial charge is 0.416 e. The molecule has 0 bridgehead atoms. The molecule has 190 valence electrons. The Bertz CT molecular complexity index is 1200. The highest BCUT2D eigenvalue weighted by atomic mass is 35.5. The minimum atomic E-state index is -4.79. The van der Waals surface area contributed by atoms with Crippen LogP contribution in [-0.4, -0.2) is 54.0 Å². The van der Waals surface area contributed by atoms with E-state index in [1.165, 1.54) is 18.3 Å². The third-order valence-electron chi connectivity index (χ3n) is 6.31. The molecule has 1 fully saturated rings. The van der Waals surface area contributed by atoms with Crippen molar-refractivity contribution in [2.75, 3.05) is 33.2 Å². The van der Waals surface area contributed by atoms with Gasteiger partial charge in [-0.05, 0) is 48.5 Å². The number of halogens is 5. The first-order valence-electron chi connectivity index (χ1n) is 11.4. The quantitative estimate of drug-likeness (QED) is 0.462. The molecule has 36 heavy (non-hydrogen) atoms. The number of alkyl halides is 3. The van der Waals surface area contributed by atoms with Crippen molar-refractivity contribution in [1.82, 2.24) is 20.1 Å². The SMILES string of the molecule is CN1CCN(C(=O)NC(Cc2ccccc2)(c2cc(F)cc(C(F)(F)F)c2)c2ccc(Cl)cn2)CC1. The van der Waals surface area contributed by atoms with E-state index in [9.17, 15) is 22.4 Å². The maximum absolute atomic E-state index is 14.7. The molecule has 3 aromatic rings. The van der Waals surface area contributed by atoms with E-state index in [0.717, 1.165) is 12.1 Å². The molecule has 10 heteroatoms. The number of carbonyl (C=O) groups is 1. The highest BCUT2D eigenvalue weighted by Gasteiger charge is 2.41. The molecule has 2 aromatic carbocycles. The molecule has 0 radical (unpaired) electrons. The zero-order valence-electron chi connectivity index (χ0n) is 19.5. The minimum Gasteiger partial charge on any atom is -0.322 e. The summed E-state index contributed by atoms with van der Waals surface area (Å²) in [7, 11) is 1.94. The van der Waals surface area contributed by atoms with Crippen LogP contribution in [0.3, 0.4) is 0 Å². The van der Waals surface area contributed by atoms with Gasteiger partial charge in [-0.1, -0.05) is 41.9 Å². The zero-order chi connectivity index (χ0) is 25.9. The van der Waals surface area contributed by atoms with E-state index in [4.69, 9.17) is 11.6 Å². The van der Waals surface area contributed by atoms with Gasteiger partial charge in [-0.25, -0.2) is 9.18 Å². The number of hydrogen-bond donors (Lipinski definition) is 1. The summed E-state index contributed by atoms with van der Waals surface area (Å²) in [6.07, 6.45) is -3.41. The number of benzene rings is 2. The topological polar surface area (TPSA) is 48.5 Å². The summed E-state index contributed by atoms with van der Waals surface area (Å²) in [4.78, 5) is 21.6. The average molecular weight is 521 g/mol. The molecule has 1 atom stereocenters. The molecular formula is C26H25ClF4N4O. The second kappa shape index (κ2) is 10.4. The molecule has 1 aromatic heterocycles. The Morgan fingerprint density at radius 3 is 2.28 bits per heavy atom. The number of nitrogens with zero attached hydrogens (tertiary/aromatic N) is 3. The Morgan fingerprint density at radius 1 is 1.00 bits per heavy atom. The fourth-order valence-electron chi connectivity index (χ4n) is 4.32. The zero-order valence-corrected chi connectivity index (χ0v) is 20.3. The normalized spacial score (nSPS) is 16.4. The molecular weight excluding hydrogens is 496 g/mol. The minimum absolute atomic E-state index is 0.0305. The first-order chi connectivity index (χ1) is 17.1. The standard InChI is InChI=1S/C26H25ClF4N4O/c1-34-9-11-35(12-10-34)24(36)33-25(16-18-5-3-2-4-6-18,23-8-7-21(27)17-32-23)19-13-20(26(29,30)31)15-22(28)14-19/h2-8,13-15,17H,9-12,16H2,1H3,(H,33,36). The summed E-state index contributed by atoms with van der Waals surface area (Å²) < 4.78 is 55.8. The number of aromatic nitrogens is 1. The van der Waals surface area contributed by atoms with Crippen LogP contribution in [0.15, 0.2) is 66.9 Å². The molecule has 0 saturated carbocycles. The van der Waals surface area contributed by atoms with E-state index in [1.807, 2.05) is 7.05 Å². The van der Waals surface area contributed by atoms with Crippen molar-refractivity contribution in [3.05, 3.63) is 100 Å². The number of amides is 2. The van der Waals surface area contributed by atoms with Crippen molar-refractivity contribution in [3.63, 3.8) is 0 Å². The number of likely N-dealkylation sites (N-methyl/N-ethyl adjacent to an activating group) is 1. The van der Waals surface area contributed by atoms with Gasteiger partial charge in [0.2, 0.25) is 0 Å². The van der Waals surface area contributed by atoms with Crippen LogP contribution < -0.4 is 5.32 Å². The van der Waals surface area contributed by atoms with Gasteiger partial charge >= 0.3 is 12.2 Å². The number of piperazine rings is 1. The third-order valence-corrected chi connectivity index (χ3v) is 6.53. The fourth-order valence-corrected chi connectivity index (χ4v) is 4.43. The van der Waals surface area contributed by atoms with Gasteiger partial charge in [-0.2, -0.15) is 13.2 Å². The predicted molar refractivity (Wildman–Crippen MR) is 129 cm³/mol. The van der Waals surface area contributed by atoms with E-state index in [1.54, 1.807) is 35.2 Å². The molecule has 0 spiro atoms. The number of carbonyl (C=O) groups excluding carboxylic acids is 1. The lowest BCUT2D eigenvalue weighted by Gasteiger charge is -2.39. The highest BCUT2D eigenvalue weighted by Crippen LogP contribution is 2.38. The van der Waals surface area contributed by atoms with Crippen molar-refractivity contribution in [3.8, 4) is 0 Å². The summed E-state index contributed by atoms with van der Waals surface area (Å²) in [6, 6.07) is 13.9. The Hall–Kier alpha value is -3.17. The maximum atomic E-state index is 14.7. The highest BCUT2D eigenvalue weighted by molar-refractivity contribution is 6.30. The van der Waals surface area contributed by atoms with Crippen LogP contribution >= 0.6 is 11.6 Å². The molecule has 2 heterocycles. The Labute approximate surface area is 211 Å². The van der Waals surface area contributed by atoms with Gasteiger partial charge < -0.3 is 15.1 Å². The van der Waals surface area contributed by atoms with Crippen LogP contribution in [0.4, 0.5) is 22.4 Å². The van der Waals surface area contributed by atoms with Gasteiger partial charge in [0.25, 0.3) is 0 Å². The van der Waals surface area contributed by atoms with Gasteiger partial charge in [0.1, 0.15) is 11.4 Å². The summed E-state index contributed by atoms with van der Waals surface area (Å²) in [5.41, 5.74) is -1.90. The van der Waals surface area contributed by atoms with Gasteiger partial charge in [0.05, 0.1) is 16.3 Å². The molecule has 1 saturated heterocycles. The van der Waals surface area contributed by atoms with Crippen LogP contribution in [0.1, 0.15) is 22.4 Å². The van der Waals surface area contributed by atoms with Crippen molar-refractivity contribution in [2.24, 2.45) is 0 Å². The summed E-state index contributed by atoms with van der Waals surface area (Å²) in [5, 5.41) is 3.26. The van der Waals surface area contributed by atoms with E-state index >= 15 is 0 Å². The van der Waals surface area contributed by atoms with Gasteiger partial charge in [-0.15, -0.1) is 0 Å². The van der Waals surface area contributed by atoms with E-state index in [0.29, 0.717) is 42.8 Å². The lowest BCUT2D eigenvalue weighted by molar-refractivity contribution is -0.137. The Balaban J connectivity index is 1.90.